The second-order valence-electron chi connectivity index (χ2n) is 11.2. The number of aromatic hydroxyl groups is 1. The fourth-order valence-electron chi connectivity index (χ4n) is 6.61. The number of amides is 1. The van der Waals surface area contributed by atoms with E-state index in [-0.39, 0.29) is 29.1 Å². The molecule has 0 spiro atoms. The minimum Gasteiger partial charge on any atom is -0.508 e. The van der Waals surface area contributed by atoms with Gasteiger partial charge in [-0.25, -0.2) is 0 Å². The van der Waals surface area contributed by atoms with Crippen molar-refractivity contribution < 1.29 is 24.2 Å². The average Bonchev–Trinajstić information content (AvgIpc) is 3.71. The maximum atomic E-state index is 12.9. The summed E-state index contributed by atoms with van der Waals surface area (Å²) in [4.78, 5) is 27.2. The zero-order valence-electron chi connectivity index (χ0n) is 22.3. The molecule has 0 bridgehead atoms. The van der Waals surface area contributed by atoms with Gasteiger partial charge in [0.25, 0.3) is 0 Å². The first-order valence-electron chi connectivity index (χ1n) is 13.6. The smallest absolute Gasteiger partial charge is 0.308 e. The SMILES string of the molecule is COC12CCC(NC(=O)C=Cc3cccc(O)c3)CC1(c1cccc(OC(C)=O)c1)CCN(CC1CC1)C2. The Hall–Kier alpha value is -3.16. The summed E-state index contributed by atoms with van der Waals surface area (Å²) in [6.45, 7) is 4.36. The summed E-state index contributed by atoms with van der Waals surface area (Å²) in [6.07, 6.45) is 9.17. The first-order valence-corrected chi connectivity index (χ1v) is 13.6. The number of rotatable bonds is 8. The predicted octanol–water partition coefficient (Wildman–Crippen LogP) is 4.44. The standard InChI is InChI=1S/C31H38N2O5/c1-22(34)38-28-8-4-6-25(18-28)30-15-16-33(20-24-9-10-24)21-31(30,37-2)14-13-26(19-30)32-29(36)12-11-23-5-3-7-27(35)17-23/h3-8,11-12,17-18,24,26,35H,9-10,13-16,19-21H2,1-2H3,(H,32,36). The number of phenolic OH excluding ortho intramolecular Hbond substituents is 1. The van der Waals surface area contributed by atoms with Gasteiger partial charge in [-0.1, -0.05) is 24.3 Å². The van der Waals surface area contributed by atoms with Crippen molar-refractivity contribution in [1.82, 2.24) is 10.2 Å². The van der Waals surface area contributed by atoms with Gasteiger partial charge in [-0.15, -0.1) is 0 Å². The molecule has 2 saturated carbocycles. The molecule has 5 rings (SSSR count). The Bertz CT molecular complexity index is 1210. The van der Waals surface area contributed by atoms with Crippen molar-refractivity contribution in [3.05, 3.63) is 65.7 Å². The van der Waals surface area contributed by atoms with Crippen LogP contribution in [0.5, 0.6) is 11.5 Å². The van der Waals surface area contributed by atoms with Crippen LogP contribution in [-0.4, -0.2) is 60.3 Å². The molecule has 2 N–H and O–H groups in total. The highest BCUT2D eigenvalue weighted by atomic mass is 16.5. The van der Waals surface area contributed by atoms with Crippen molar-refractivity contribution in [2.45, 2.75) is 62.5 Å². The normalized spacial score (nSPS) is 27.6. The van der Waals surface area contributed by atoms with Crippen molar-refractivity contribution >= 4 is 18.0 Å². The number of fused-ring (bicyclic) bond motifs is 1. The number of piperidine rings is 1. The van der Waals surface area contributed by atoms with Crippen LogP contribution >= 0.6 is 0 Å². The second-order valence-corrected chi connectivity index (χ2v) is 11.2. The number of hydrogen-bond acceptors (Lipinski definition) is 6. The monoisotopic (exact) mass is 518 g/mol. The number of esters is 1. The van der Waals surface area contributed by atoms with Gasteiger partial charge in [-0.2, -0.15) is 0 Å². The first-order chi connectivity index (χ1) is 18.3. The van der Waals surface area contributed by atoms with E-state index in [4.69, 9.17) is 9.47 Å². The van der Waals surface area contributed by atoms with Gasteiger partial charge in [0, 0.05) is 44.7 Å². The summed E-state index contributed by atoms with van der Waals surface area (Å²) in [5.74, 6) is 1.01. The lowest BCUT2D eigenvalue weighted by molar-refractivity contribution is -0.150. The van der Waals surface area contributed by atoms with Crippen LogP contribution in [-0.2, 0) is 19.7 Å². The van der Waals surface area contributed by atoms with Gasteiger partial charge in [0.1, 0.15) is 11.5 Å². The van der Waals surface area contributed by atoms with Crippen molar-refractivity contribution in [3.8, 4) is 11.5 Å². The minimum atomic E-state index is -0.395. The molecule has 7 nitrogen and oxygen atoms in total. The molecule has 3 fully saturated rings. The fraction of sp³-hybridized carbons (Fsp3) is 0.484. The number of carbonyl (C=O) groups excluding carboxylic acids is 2. The molecular formula is C31H38N2O5. The van der Waals surface area contributed by atoms with Crippen LogP contribution in [0.4, 0.5) is 0 Å². The molecule has 1 amide bonds. The molecule has 3 unspecified atom stereocenters. The van der Waals surface area contributed by atoms with E-state index < -0.39 is 5.60 Å². The van der Waals surface area contributed by atoms with E-state index in [1.54, 1.807) is 24.3 Å². The maximum absolute atomic E-state index is 12.9. The van der Waals surface area contributed by atoms with Crippen molar-refractivity contribution in [1.29, 1.82) is 0 Å². The summed E-state index contributed by atoms with van der Waals surface area (Å²) >= 11 is 0. The molecule has 2 aromatic carbocycles. The van der Waals surface area contributed by atoms with Crippen molar-refractivity contribution in [2.75, 3.05) is 26.7 Å². The third-order valence-corrected chi connectivity index (χ3v) is 8.59. The molecule has 1 heterocycles. The molecule has 1 saturated heterocycles. The number of nitrogens with one attached hydrogen (secondary N) is 1. The topological polar surface area (TPSA) is 88.1 Å². The zero-order chi connectivity index (χ0) is 26.8. The third-order valence-electron chi connectivity index (χ3n) is 8.59. The highest BCUT2D eigenvalue weighted by Crippen LogP contribution is 2.54. The van der Waals surface area contributed by atoms with E-state index in [0.717, 1.165) is 62.4 Å². The van der Waals surface area contributed by atoms with Crippen molar-refractivity contribution in [2.24, 2.45) is 5.92 Å². The lowest BCUT2D eigenvalue weighted by Crippen LogP contribution is -2.68. The van der Waals surface area contributed by atoms with Gasteiger partial charge in [-0.3, -0.25) is 9.59 Å². The largest absolute Gasteiger partial charge is 0.508 e. The molecule has 38 heavy (non-hydrogen) atoms. The Morgan fingerprint density at radius 2 is 1.95 bits per heavy atom. The summed E-state index contributed by atoms with van der Waals surface area (Å²) in [7, 11) is 1.82. The van der Waals surface area contributed by atoms with Gasteiger partial charge in [0.05, 0.1) is 5.60 Å². The van der Waals surface area contributed by atoms with Crippen LogP contribution in [0.3, 0.4) is 0 Å². The van der Waals surface area contributed by atoms with Crippen LogP contribution < -0.4 is 10.1 Å². The van der Waals surface area contributed by atoms with Crippen molar-refractivity contribution in [3.63, 3.8) is 0 Å². The Kier molecular flexibility index (Phi) is 7.59. The summed E-state index contributed by atoms with van der Waals surface area (Å²) < 4.78 is 11.9. The zero-order valence-corrected chi connectivity index (χ0v) is 22.3. The number of ether oxygens (including phenoxy) is 2. The molecule has 3 atom stereocenters. The first kappa shape index (κ1) is 26.4. The molecule has 3 aliphatic rings. The molecule has 2 aliphatic carbocycles. The van der Waals surface area contributed by atoms with Gasteiger partial charge in [0.15, 0.2) is 0 Å². The van der Waals surface area contributed by atoms with E-state index in [1.165, 1.54) is 25.8 Å². The quantitative estimate of drug-likeness (QED) is 0.305. The molecule has 2 aromatic rings. The number of carbonyl (C=O) groups is 2. The van der Waals surface area contributed by atoms with Crippen LogP contribution in [0, 0.1) is 5.92 Å². The van der Waals surface area contributed by atoms with E-state index in [1.807, 2.05) is 31.4 Å². The highest BCUT2D eigenvalue weighted by Gasteiger charge is 2.59. The van der Waals surface area contributed by atoms with E-state index >= 15 is 0 Å². The number of methoxy groups -OCH3 is 1. The minimum absolute atomic E-state index is 0.0213. The molecule has 0 aromatic heterocycles. The number of phenols is 1. The van der Waals surface area contributed by atoms with Crippen LogP contribution in [0.25, 0.3) is 6.08 Å². The third kappa shape index (κ3) is 5.64. The van der Waals surface area contributed by atoms with Crippen LogP contribution in [0.15, 0.2) is 54.6 Å². The Morgan fingerprint density at radius 3 is 2.68 bits per heavy atom. The Labute approximate surface area is 224 Å². The summed E-state index contributed by atoms with van der Waals surface area (Å²) in [5.41, 5.74) is 1.14. The van der Waals surface area contributed by atoms with E-state index in [9.17, 15) is 14.7 Å². The molecule has 0 radical (unpaired) electrons. The van der Waals surface area contributed by atoms with Gasteiger partial charge >= 0.3 is 5.97 Å². The molecular weight excluding hydrogens is 480 g/mol. The number of hydrogen-bond donors (Lipinski definition) is 2. The predicted molar refractivity (Wildman–Crippen MR) is 146 cm³/mol. The highest BCUT2D eigenvalue weighted by molar-refractivity contribution is 5.92. The Morgan fingerprint density at radius 1 is 1.13 bits per heavy atom. The molecule has 1 aliphatic heterocycles. The van der Waals surface area contributed by atoms with E-state index in [2.05, 4.69) is 16.3 Å². The summed E-state index contributed by atoms with van der Waals surface area (Å²) in [6, 6.07) is 14.7. The van der Waals surface area contributed by atoms with Crippen LogP contribution in [0.2, 0.25) is 0 Å². The van der Waals surface area contributed by atoms with Gasteiger partial charge in [0.2, 0.25) is 5.91 Å². The molecule has 7 heteroatoms. The number of likely N-dealkylation sites (tertiary alicyclic amines) is 1. The molecule has 202 valence electrons. The number of benzene rings is 2. The van der Waals surface area contributed by atoms with Crippen LogP contribution in [0.1, 0.15) is 56.6 Å². The second kappa shape index (κ2) is 10.9. The fourth-order valence-corrected chi connectivity index (χ4v) is 6.61. The van der Waals surface area contributed by atoms with Gasteiger partial charge in [-0.05, 0) is 92.5 Å². The lowest BCUT2D eigenvalue weighted by atomic mass is 9.55. The number of nitrogens with zero attached hydrogens (tertiary/aromatic N) is 1. The maximum Gasteiger partial charge on any atom is 0.308 e. The van der Waals surface area contributed by atoms with Gasteiger partial charge < -0.3 is 24.8 Å². The Balaban J connectivity index is 1.40. The lowest BCUT2D eigenvalue weighted by Gasteiger charge is -2.60. The average molecular weight is 519 g/mol. The summed E-state index contributed by atoms with van der Waals surface area (Å²) in [5, 5.41) is 12.9. The van der Waals surface area contributed by atoms with E-state index in [0.29, 0.717) is 5.75 Å².